The Bertz CT molecular complexity index is 1200. The van der Waals surface area contributed by atoms with Gasteiger partial charge in [0.05, 0.1) is 31.6 Å². The molecule has 0 aromatic heterocycles. The first-order valence-electron chi connectivity index (χ1n) is 10.5. The average molecular weight is 487 g/mol. The standard InChI is InChI=1S/C25H27ClN2O4S/c1-4-24(19-12-14-23(32-2)15-13-19)27-25(29)20-10-8-18(9-11-20)17-28(33(3,30)31)22-7-5-6-21(26)16-22/h5-16,24H,4,17H2,1-3H3,(H,27,29)/t24-/m0/s1. The van der Waals surface area contributed by atoms with Crippen LogP contribution in [0.2, 0.25) is 5.02 Å². The Morgan fingerprint density at radius 3 is 2.27 bits per heavy atom. The predicted octanol–water partition coefficient (Wildman–Crippen LogP) is 5.20. The lowest BCUT2D eigenvalue weighted by molar-refractivity contribution is 0.0935. The van der Waals surface area contributed by atoms with Crippen LogP contribution in [0.5, 0.6) is 5.75 Å². The molecular weight excluding hydrogens is 460 g/mol. The number of nitrogens with one attached hydrogen (secondary N) is 1. The Kier molecular flexibility index (Phi) is 8.00. The Labute approximate surface area is 200 Å². The molecule has 0 radical (unpaired) electrons. The zero-order chi connectivity index (χ0) is 24.0. The first-order chi connectivity index (χ1) is 15.7. The van der Waals surface area contributed by atoms with Gasteiger partial charge in [-0.15, -0.1) is 0 Å². The summed E-state index contributed by atoms with van der Waals surface area (Å²) in [4.78, 5) is 12.8. The normalized spacial score (nSPS) is 12.1. The van der Waals surface area contributed by atoms with Crippen LogP contribution in [0.4, 0.5) is 5.69 Å². The molecule has 1 amide bonds. The summed E-state index contributed by atoms with van der Waals surface area (Å²) in [5, 5.41) is 3.51. The summed E-state index contributed by atoms with van der Waals surface area (Å²) in [6.45, 7) is 2.14. The number of carbonyl (C=O) groups is 1. The number of carbonyl (C=O) groups excluding carboxylic acids is 1. The number of nitrogens with zero attached hydrogens (tertiary/aromatic N) is 1. The van der Waals surface area contributed by atoms with Crippen molar-refractivity contribution in [2.45, 2.75) is 25.9 Å². The first-order valence-corrected chi connectivity index (χ1v) is 12.7. The van der Waals surface area contributed by atoms with Crippen LogP contribution in [0.15, 0.2) is 72.8 Å². The monoisotopic (exact) mass is 486 g/mol. The van der Waals surface area contributed by atoms with Gasteiger partial charge in [0.1, 0.15) is 5.75 Å². The predicted molar refractivity (Wildman–Crippen MR) is 132 cm³/mol. The lowest BCUT2D eigenvalue weighted by atomic mass is 10.0. The fraction of sp³-hybridized carbons (Fsp3) is 0.240. The van der Waals surface area contributed by atoms with Crippen LogP contribution < -0.4 is 14.4 Å². The maximum absolute atomic E-state index is 12.8. The molecule has 0 aliphatic heterocycles. The summed E-state index contributed by atoms with van der Waals surface area (Å²) in [6, 6.07) is 21.1. The number of ether oxygens (including phenoxy) is 1. The Hall–Kier alpha value is -3.03. The molecule has 174 valence electrons. The summed E-state index contributed by atoms with van der Waals surface area (Å²) < 4.78 is 31.2. The molecule has 0 saturated heterocycles. The highest BCUT2D eigenvalue weighted by Gasteiger charge is 2.19. The number of sulfonamides is 1. The number of methoxy groups -OCH3 is 1. The van der Waals surface area contributed by atoms with E-state index in [4.69, 9.17) is 16.3 Å². The highest BCUT2D eigenvalue weighted by Crippen LogP contribution is 2.24. The fourth-order valence-corrected chi connectivity index (χ4v) is 4.52. The van der Waals surface area contributed by atoms with Crippen LogP contribution in [-0.2, 0) is 16.6 Å². The van der Waals surface area contributed by atoms with Crippen molar-refractivity contribution in [1.29, 1.82) is 0 Å². The van der Waals surface area contributed by atoms with Gasteiger partial charge in [-0.1, -0.05) is 48.9 Å². The van der Waals surface area contributed by atoms with Crippen LogP contribution in [0.3, 0.4) is 0 Å². The number of hydrogen-bond donors (Lipinski definition) is 1. The maximum Gasteiger partial charge on any atom is 0.251 e. The van der Waals surface area contributed by atoms with E-state index in [9.17, 15) is 13.2 Å². The third-order valence-electron chi connectivity index (χ3n) is 5.27. The van der Waals surface area contributed by atoms with Gasteiger partial charge in [-0.05, 0) is 60.0 Å². The molecule has 0 fully saturated rings. The Morgan fingerprint density at radius 1 is 1.06 bits per heavy atom. The van der Waals surface area contributed by atoms with E-state index < -0.39 is 10.0 Å². The second-order valence-electron chi connectivity index (χ2n) is 7.65. The molecule has 3 rings (SSSR count). The number of anilines is 1. The molecule has 8 heteroatoms. The molecule has 33 heavy (non-hydrogen) atoms. The second-order valence-corrected chi connectivity index (χ2v) is 10.00. The minimum atomic E-state index is -3.53. The van der Waals surface area contributed by atoms with E-state index in [2.05, 4.69) is 5.32 Å². The molecule has 0 saturated carbocycles. The molecule has 3 aromatic carbocycles. The zero-order valence-corrected chi connectivity index (χ0v) is 20.4. The minimum Gasteiger partial charge on any atom is -0.497 e. The highest BCUT2D eigenvalue weighted by atomic mass is 35.5. The topological polar surface area (TPSA) is 75.7 Å². The van der Waals surface area contributed by atoms with Crippen molar-refractivity contribution in [3.8, 4) is 5.75 Å². The Balaban J connectivity index is 1.73. The third-order valence-corrected chi connectivity index (χ3v) is 6.65. The van der Waals surface area contributed by atoms with Crippen LogP contribution in [0.1, 0.15) is 40.9 Å². The van der Waals surface area contributed by atoms with Crippen molar-refractivity contribution in [2.24, 2.45) is 0 Å². The molecule has 0 bridgehead atoms. The van der Waals surface area contributed by atoms with Gasteiger partial charge >= 0.3 is 0 Å². The SMILES string of the molecule is CC[C@H](NC(=O)c1ccc(CN(c2cccc(Cl)c2)S(C)(=O)=O)cc1)c1ccc(OC)cc1. The van der Waals surface area contributed by atoms with E-state index >= 15 is 0 Å². The van der Waals surface area contributed by atoms with E-state index in [0.717, 1.165) is 29.6 Å². The number of amides is 1. The summed E-state index contributed by atoms with van der Waals surface area (Å²) >= 11 is 6.04. The summed E-state index contributed by atoms with van der Waals surface area (Å²) in [6.07, 6.45) is 1.89. The van der Waals surface area contributed by atoms with Crippen molar-refractivity contribution in [2.75, 3.05) is 17.7 Å². The van der Waals surface area contributed by atoms with Crippen molar-refractivity contribution in [1.82, 2.24) is 5.32 Å². The quantitative estimate of drug-likeness (QED) is 0.451. The molecule has 0 heterocycles. The molecular formula is C25H27ClN2O4S. The van der Waals surface area contributed by atoms with Crippen molar-refractivity contribution in [3.63, 3.8) is 0 Å². The van der Waals surface area contributed by atoms with E-state index in [0.29, 0.717) is 16.3 Å². The van der Waals surface area contributed by atoms with Crippen LogP contribution in [0, 0.1) is 0 Å². The first kappa shape index (κ1) is 24.6. The lowest BCUT2D eigenvalue weighted by Crippen LogP contribution is -2.29. The molecule has 0 unspecified atom stereocenters. The number of benzene rings is 3. The van der Waals surface area contributed by atoms with Gasteiger partial charge in [-0.2, -0.15) is 0 Å². The van der Waals surface area contributed by atoms with Gasteiger partial charge in [0.15, 0.2) is 0 Å². The molecule has 0 aliphatic carbocycles. The minimum absolute atomic E-state index is 0.129. The van der Waals surface area contributed by atoms with Gasteiger partial charge in [-0.25, -0.2) is 8.42 Å². The average Bonchev–Trinajstić information content (AvgIpc) is 2.80. The van der Waals surface area contributed by atoms with Crippen LogP contribution >= 0.6 is 11.6 Å². The van der Waals surface area contributed by atoms with Gasteiger partial charge in [-0.3, -0.25) is 9.10 Å². The summed E-state index contributed by atoms with van der Waals surface area (Å²) in [5.41, 5.74) is 2.73. The van der Waals surface area contributed by atoms with Gasteiger partial charge in [0.2, 0.25) is 10.0 Å². The summed E-state index contributed by atoms with van der Waals surface area (Å²) in [5.74, 6) is 0.565. The lowest BCUT2D eigenvalue weighted by Gasteiger charge is -2.23. The zero-order valence-electron chi connectivity index (χ0n) is 18.8. The van der Waals surface area contributed by atoms with Gasteiger partial charge in [0, 0.05) is 10.6 Å². The molecule has 0 spiro atoms. The third kappa shape index (κ3) is 6.49. The van der Waals surface area contributed by atoms with E-state index in [-0.39, 0.29) is 18.5 Å². The Morgan fingerprint density at radius 2 is 1.73 bits per heavy atom. The van der Waals surface area contributed by atoms with Gasteiger partial charge < -0.3 is 10.1 Å². The molecule has 3 aromatic rings. The van der Waals surface area contributed by atoms with Crippen molar-refractivity contribution >= 4 is 33.2 Å². The number of hydrogen-bond acceptors (Lipinski definition) is 4. The van der Waals surface area contributed by atoms with Crippen molar-refractivity contribution in [3.05, 3.63) is 94.5 Å². The summed E-state index contributed by atoms with van der Waals surface area (Å²) in [7, 11) is -1.91. The van der Waals surface area contributed by atoms with Gasteiger partial charge in [0.25, 0.3) is 5.91 Å². The number of rotatable bonds is 9. The van der Waals surface area contributed by atoms with E-state index in [1.807, 2.05) is 31.2 Å². The second kappa shape index (κ2) is 10.7. The van der Waals surface area contributed by atoms with Crippen LogP contribution in [0.25, 0.3) is 0 Å². The van der Waals surface area contributed by atoms with E-state index in [1.54, 1.807) is 55.6 Å². The smallest absolute Gasteiger partial charge is 0.251 e. The van der Waals surface area contributed by atoms with Crippen LogP contribution in [-0.4, -0.2) is 27.7 Å². The maximum atomic E-state index is 12.8. The molecule has 1 N–H and O–H groups in total. The molecule has 0 aliphatic rings. The number of halogens is 1. The molecule has 6 nitrogen and oxygen atoms in total. The molecule has 1 atom stereocenters. The van der Waals surface area contributed by atoms with Crippen molar-refractivity contribution < 1.29 is 17.9 Å². The fourth-order valence-electron chi connectivity index (χ4n) is 3.46. The largest absolute Gasteiger partial charge is 0.497 e. The van der Waals surface area contributed by atoms with E-state index in [1.165, 1.54) is 4.31 Å². The highest BCUT2D eigenvalue weighted by molar-refractivity contribution is 7.92.